The summed E-state index contributed by atoms with van der Waals surface area (Å²) in [5.74, 6) is -5.09. The Morgan fingerprint density at radius 1 is 1.06 bits per heavy atom. The van der Waals surface area contributed by atoms with Crippen molar-refractivity contribution in [2.45, 2.75) is 23.7 Å². The zero-order valence-corrected chi connectivity index (χ0v) is 17.6. The van der Waals surface area contributed by atoms with E-state index in [1.165, 1.54) is 18.3 Å². The number of rotatable bonds is 7. The molecule has 3 rings (SSSR count). The van der Waals surface area contributed by atoms with Gasteiger partial charge in [-0.25, -0.2) is 18.2 Å². The summed E-state index contributed by atoms with van der Waals surface area (Å²) in [6.45, 7) is 1.36. The molecule has 1 N–H and O–H groups in total. The van der Waals surface area contributed by atoms with Crippen LogP contribution in [0.15, 0.2) is 64.9 Å². The van der Waals surface area contributed by atoms with E-state index in [2.05, 4.69) is 10.3 Å². The minimum Gasteiger partial charge on any atom is -0.449 e. The summed E-state index contributed by atoms with van der Waals surface area (Å²) < 4.78 is 53.0. The van der Waals surface area contributed by atoms with E-state index in [1.807, 2.05) is 30.3 Å². The molecular formula is C20H16F2N2O5S2. The van der Waals surface area contributed by atoms with E-state index < -0.39 is 38.5 Å². The molecule has 0 spiro atoms. The van der Waals surface area contributed by atoms with Crippen LogP contribution in [0.3, 0.4) is 0 Å². The van der Waals surface area contributed by atoms with Crippen LogP contribution in [0.25, 0.3) is 11.3 Å². The summed E-state index contributed by atoms with van der Waals surface area (Å²) in [6, 6.07) is 13.2. The number of nitrogens with zero attached hydrogens (tertiary/aromatic N) is 1. The van der Waals surface area contributed by atoms with Gasteiger partial charge in [0, 0.05) is 10.9 Å². The summed E-state index contributed by atoms with van der Waals surface area (Å²) in [7, 11) is -4.76. The Labute approximate surface area is 180 Å². The second kappa shape index (κ2) is 9.31. The van der Waals surface area contributed by atoms with Gasteiger partial charge in [-0.1, -0.05) is 30.3 Å². The molecule has 7 nitrogen and oxygen atoms in total. The predicted octanol–water partition coefficient (Wildman–Crippen LogP) is 3.99. The van der Waals surface area contributed by atoms with Gasteiger partial charge in [0.15, 0.2) is 11.2 Å². The Morgan fingerprint density at radius 3 is 2.32 bits per heavy atom. The van der Waals surface area contributed by atoms with Gasteiger partial charge in [-0.2, -0.15) is 8.78 Å². The monoisotopic (exact) mass is 466 g/mol. The number of hydrogen-bond acceptors (Lipinski definition) is 7. The Bertz CT molecular complexity index is 1180. The molecule has 31 heavy (non-hydrogen) atoms. The zero-order valence-electron chi connectivity index (χ0n) is 16.0. The van der Waals surface area contributed by atoms with Crippen molar-refractivity contribution in [3.8, 4) is 11.3 Å². The highest BCUT2D eigenvalue weighted by Crippen LogP contribution is 2.25. The van der Waals surface area contributed by atoms with Crippen LogP contribution in [-0.2, 0) is 19.4 Å². The van der Waals surface area contributed by atoms with E-state index in [1.54, 1.807) is 5.38 Å². The van der Waals surface area contributed by atoms with Gasteiger partial charge >= 0.3 is 11.7 Å². The van der Waals surface area contributed by atoms with E-state index in [9.17, 15) is 26.8 Å². The van der Waals surface area contributed by atoms with Gasteiger partial charge in [0.25, 0.3) is 5.91 Å². The Kier molecular flexibility index (Phi) is 6.76. The predicted molar refractivity (Wildman–Crippen MR) is 111 cm³/mol. The fourth-order valence-corrected chi connectivity index (χ4v) is 3.89. The second-order valence-corrected chi connectivity index (χ2v) is 9.05. The maximum Gasteiger partial charge on any atom is 0.341 e. The number of ether oxygens (including phenoxy) is 1. The lowest BCUT2D eigenvalue weighted by molar-refractivity contribution is -0.123. The molecular weight excluding hydrogens is 450 g/mol. The summed E-state index contributed by atoms with van der Waals surface area (Å²) in [6.07, 6.45) is -1.18. The molecule has 0 saturated carbocycles. The molecule has 1 amide bonds. The average Bonchev–Trinajstić information content (AvgIpc) is 3.22. The van der Waals surface area contributed by atoms with Crippen LogP contribution in [0.1, 0.15) is 17.3 Å². The molecule has 1 heterocycles. The Morgan fingerprint density at radius 2 is 1.71 bits per heavy atom. The summed E-state index contributed by atoms with van der Waals surface area (Å²) >= 11 is 1.21. The number of amides is 1. The lowest BCUT2D eigenvalue weighted by atomic mass is 10.2. The van der Waals surface area contributed by atoms with Crippen LogP contribution in [0.5, 0.6) is 0 Å². The SMILES string of the molecule is C[C@H](OC(=O)c1ccc(S(=O)(=O)C(F)F)cc1)C(=O)Nc1nc(-c2ccccc2)cs1. The maximum absolute atomic E-state index is 12.6. The number of nitrogens with one attached hydrogen (secondary N) is 1. The third-order valence-electron chi connectivity index (χ3n) is 4.11. The van der Waals surface area contributed by atoms with Crippen LogP contribution >= 0.6 is 11.3 Å². The molecule has 0 radical (unpaired) electrons. The number of aromatic nitrogens is 1. The van der Waals surface area contributed by atoms with Gasteiger partial charge in [0.1, 0.15) is 0 Å². The van der Waals surface area contributed by atoms with Gasteiger partial charge < -0.3 is 4.74 Å². The Balaban J connectivity index is 1.61. The third-order valence-corrected chi connectivity index (χ3v) is 6.27. The topological polar surface area (TPSA) is 102 Å². The highest BCUT2D eigenvalue weighted by atomic mass is 32.2. The normalized spacial score (nSPS) is 12.4. The molecule has 0 saturated heterocycles. The van der Waals surface area contributed by atoms with Crippen molar-refractivity contribution >= 4 is 38.2 Å². The number of alkyl halides is 2. The molecule has 0 bridgehead atoms. The first-order valence-corrected chi connectivity index (χ1v) is 11.3. The standard InChI is InChI=1S/C20H16F2N2O5S2/c1-12(17(25)24-20-23-16(11-30-20)13-5-3-2-4-6-13)29-18(26)14-7-9-15(10-8-14)31(27,28)19(21)22/h2-12,19H,1H3,(H,23,24,25)/t12-/m0/s1. The van der Waals surface area contributed by atoms with E-state index in [4.69, 9.17) is 4.74 Å². The van der Waals surface area contributed by atoms with Crippen molar-refractivity contribution in [2.75, 3.05) is 5.32 Å². The summed E-state index contributed by atoms with van der Waals surface area (Å²) in [5, 5.41) is 4.66. The summed E-state index contributed by atoms with van der Waals surface area (Å²) in [5.41, 5.74) is 1.48. The van der Waals surface area contributed by atoms with Crippen molar-refractivity contribution in [1.82, 2.24) is 4.98 Å². The van der Waals surface area contributed by atoms with E-state index in [0.717, 1.165) is 29.8 Å². The van der Waals surface area contributed by atoms with E-state index in [0.29, 0.717) is 10.8 Å². The number of hydrogen-bond donors (Lipinski definition) is 1. The van der Waals surface area contributed by atoms with Gasteiger partial charge in [0.2, 0.25) is 9.84 Å². The van der Waals surface area contributed by atoms with E-state index >= 15 is 0 Å². The zero-order chi connectivity index (χ0) is 22.6. The van der Waals surface area contributed by atoms with Gasteiger partial charge in [-0.05, 0) is 31.2 Å². The number of anilines is 1. The molecule has 3 aromatic rings. The Hall–Kier alpha value is -3.18. The molecule has 1 atom stereocenters. The molecule has 0 aliphatic heterocycles. The van der Waals surface area contributed by atoms with Gasteiger partial charge in [-0.3, -0.25) is 10.1 Å². The highest BCUT2D eigenvalue weighted by molar-refractivity contribution is 7.91. The number of sulfone groups is 1. The molecule has 2 aromatic carbocycles. The van der Waals surface area contributed by atoms with Crippen LogP contribution in [0, 0.1) is 0 Å². The highest BCUT2D eigenvalue weighted by Gasteiger charge is 2.27. The first-order valence-electron chi connectivity index (χ1n) is 8.83. The maximum atomic E-state index is 12.6. The minimum atomic E-state index is -4.76. The second-order valence-electron chi connectivity index (χ2n) is 6.27. The molecule has 0 unspecified atom stereocenters. The number of benzene rings is 2. The largest absolute Gasteiger partial charge is 0.449 e. The van der Waals surface area contributed by atoms with Crippen molar-refractivity contribution in [3.63, 3.8) is 0 Å². The lowest BCUT2D eigenvalue weighted by Gasteiger charge is -2.12. The van der Waals surface area contributed by atoms with Crippen molar-refractivity contribution in [2.24, 2.45) is 0 Å². The number of thiazole rings is 1. The molecule has 0 aliphatic rings. The average molecular weight is 466 g/mol. The molecule has 1 aromatic heterocycles. The molecule has 0 fully saturated rings. The minimum absolute atomic E-state index is 0.0894. The van der Waals surface area contributed by atoms with Crippen LogP contribution in [0.4, 0.5) is 13.9 Å². The van der Waals surface area contributed by atoms with Gasteiger partial charge in [-0.15, -0.1) is 11.3 Å². The quantitative estimate of drug-likeness (QED) is 0.528. The van der Waals surface area contributed by atoms with Gasteiger partial charge in [0.05, 0.1) is 16.2 Å². The molecule has 162 valence electrons. The summed E-state index contributed by atoms with van der Waals surface area (Å²) in [4.78, 5) is 28.2. The van der Waals surface area contributed by atoms with Crippen molar-refractivity contribution in [3.05, 3.63) is 65.5 Å². The molecule has 11 heteroatoms. The van der Waals surface area contributed by atoms with Crippen LogP contribution < -0.4 is 5.32 Å². The first kappa shape index (κ1) is 22.5. The fraction of sp³-hybridized carbons (Fsp3) is 0.150. The smallest absolute Gasteiger partial charge is 0.341 e. The molecule has 0 aliphatic carbocycles. The van der Waals surface area contributed by atoms with Crippen molar-refractivity contribution < 1.29 is 31.5 Å². The van der Waals surface area contributed by atoms with Crippen LogP contribution in [-0.4, -0.2) is 37.1 Å². The number of carbonyl (C=O) groups excluding carboxylic acids is 2. The lowest BCUT2D eigenvalue weighted by Crippen LogP contribution is -2.30. The fourth-order valence-electron chi connectivity index (χ4n) is 2.45. The van der Waals surface area contributed by atoms with Crippen LogP contribution in [0.2, 0.25) is 0 Å². The number of halogens is 2. The van der Waals surface area contributed by atoms with E-state index in [-0.39, 0.29) is 5.56 Å². The number of carbonyl (C=O) groups is 2. The van der Waals surface area contributed by atoms with Crippen molar-refractivity contribution in [1.29, 1.82) is 0 Å². The third kappa shape index (κ3) is 5.30. The first-order chi connectivity index (χ1) is 14.7. The number of esters is 1.